The van der Waals surface area contributed by atoms with Crippen LogP contribution in [0, 0.1) is 11.6 Å². The van der Waals surface area contributed by atoms with Crippen LogP contribution in [-0.4, -0.2) is 34.2 Å². The number of aliphatic hydroxyl groups is 1. The predicted molar refractivity (Wildman–Crippen MR) is 118 cm³/mol. The zero-order chi connectivity index (χ0) is 23.9. The van der Waals surface area contributed by atoms with Gasteiger partial charge in [-0.25, -0.2) is 8.78 Å². The molecule has 1 aliphatic heterocycles. The largest absolute Gasteiger partial charge is 0.400 e. The summed E-state index contributed by atoms with van der Waals surface area (Å²) in [5.74, 6) is -2.65. The van der Waals surface area contributed by atoms with Crippen molar-refractivity contribution in [1.82, 2.24) is 9.97 Å². The molecule has 3 atom stereocenters. The average molecular weight is 457 g/mol. The molecule has 2 aliphatic rings. The quantitative estimate of drug-likeness (QED) is 0.555. The number of halogens is 2. The molecular weight excluding hydrogens is 432 g/mol. The van der Waals surface area contributed by atoms with Crippen LogP contribution in [0.5, 0.6) is 0 Å². The van der Waals surface area contributed by atoms with Crippen LogP contribution in [0.2, 0.25) is 0 Å². The summed E-state index contributed by atoms with van der Waals surface area (Å²) in [5, 5.41) is 7.12. The minimum absolute atomic E-state index is 0.0158. The highest BCUT2D eigenvalue weighted by Gasteiger charge is 2.41. The van der Waals surface area contributed by atoms with Crippen LogP contribution in [0.25, 0.3) is 10.9 Å². The van der Waals surface area contributed by atoms with Gasteiger partial charge in [0.15, 0.2) is 17.1 Å². The van der Waals surface area contributed by atoms with Gasteiger partial charge in [-0.05, 0) is 55.4 Å². The number of nitrogens with one attached hydrogen (secondary N) is 1. The molecular formula is C24H25F2N3O4. The molecule has 3 unspecified atom stereocenters. The summed E-state index contributed by atoms with van der Waals surface area (Å²) in [4.78, 5) is 31.6. The normalized spacial score (nSPS) is 22.2. The lowest BCUT2D eigenvalue weighted by Gasteiger charge is -2.22. The highest BCUT2D eigenvalue weighted by Crippen LogP contribution is 2.51. The summed E-state index contributed by atoms with van der Waals surface area (Å²) >= 11 is 0. The number of ether oxygens (including phenoxy) is 1. The number of nitrogens with two attached hydrogens (primary N) is 1. The second-order valence-corrected chi connectivity index (χ2v) is 8.38. The van der Waals surface area contributed by atoms with E-state index in [0.717, 1.165) is 31.6 Å². The highest BCUT2D eigenvalue weighted by molar-refractivity contribution is 6.03. The zero-order valence-corrected chi connectivity index (χ0v) is 18.3. The van der Waals surface area contributed by atoms with Gasteiger partial charge < -0.3 is 20.6 Å². The Hall–Kier alpha value is -3.17. The van der Waals surface area contributed by atoms with Crippen molar-refractivity contribution in [2.45, 2.75) is 50.2 Å². The van der Waals surface area contributed by atoms with E-state index in [1.807, 2.05) is 6.92 Å². The van der Waals surface area contributed by atoms with E-state index >= 15 is 0 Å². The number of pyridine rings is 2. The fraction of sp³-hybridized carbons (Fsp3) is 0.375. The van der Waals surface area contributed by atoms with Gasteiger partial charge in [-0.2, -0.15) is 0 Å². The van der Waals surface area contributed by atoms with Crippen molar-refractivity contribution in [1.29, 1.82) is 0 Å². The molecule has 5 rings (SSSR count). The molecule has 3 heterocycles. The van der Waals surface area contributed by atoms with Crippen molar-refractivity contribution in [3.05, 3.63) is 74.8 Å². The Labute approximate surface area is 188 Å². The third-order valence-corrected chi connectivity index (χ3v) is 6.18. The number of H-pyrrole nitrogens is 1. The highest BCUT2D eigenvalue weighted by atomic mass is 19.2. The molecule has 1 amide bonds. The average Bonchev–Trinajstić information content (AvgIpc) is 3.56. The second-order valence-electron chi connectivity index (χ2n) is 8.38. The second kappa shape index (κ2) is 8.99. The van der Waals surface area contributed by atoms with Crippen LogP contribution in [0.4, 0.5) is 8.78 Å². The van der Waals surface area contributed by atoms with E-state index in [0.29, 0.717) is 23.2 Å². The van der Waals surface area contributed by atoms with E-state index in [4.69, 9.17) is 15.6 Å². The molecule has 33 heavy (non-hydrogen) atoms. The minimum atomic E-state index is -0.847. The molecule has 9 heteroatoms. The Morgan fingerprint density at radius 3 is 2.64 bits per heavy atom. The first-order valence-electron chi connectivity index (χ1n) is 10.7. The summed E-state index contributed by atoms with van der Waals surface area (Å²) in [6.07, 6.45) is 3.00. The molecule has 3 aromatic rings. The number of aliphatic hydroxyl groups excluding tert-OH is 1. The fourth-order valence-corrected chi connectivity index (χ4v) is 4.71. The van der Waals surface area contributed by atoms with Gasteiger partial charge in [-0.1, -0.05) is 6.07 Å². The van der Waals surface area contributed by atoms with Gasteiger partial charge in [0, 0.05) is 31.0 Å². The van der Waals surface area contributed by atoms with Gasteiger partial charge in [0.2, 0.25) is 0 Å². The Kier molecular flexibility index (Phi) is 6.27. The number of aromatic amines is 1. The summed E-state index contributed by atoms with van der Waals surface area (Å²) < 4.78 is 34.8. The number of hydrogen-bond donors (Lipinski definition) is 3. The van der Waals surface area contributed by atoms with Crippen molar-refractivity contribution in [2.24, 2.45) is 5.73 Å². The first-order chi connectivity index (χ1) is 15.8. The van der Waals surface area contributed by atoms with Gasteiger partial charge in [0.05, 0.1) is 17.0 Å². The maximum Gasteiger partial charge on any atom is 0.268 e. The SMILES string of the molecule is CC1CC(c2ccc(F)c(F)c2C2CC2)C(c2cc(=O)c3c(C(N)=O)nccc3[nH]2)O1.CO. The number of carbonyl (C=O) groups is 1. The van der Waals surface area contributed by atoms with Gasteiger partial charge >= 0.3 is 0 Å². The molecule has 1 aromatic carbocycles. The lowest BCUT2D eigenvalue weighted by Crippen LogP contribution is -2.19. The third-order valence-electron chi connectivity index (χ3n) is 6.18. The summed E-state index contributed by atoms with van der Waals surface area (Å²) in [5.41, 5.74) is 6.94. The van der Waals surface area contributed by atoms with Gasteiger partial charge in [0.25, 0.3) is 5.91 Å². The van der Waals surface area contributed by atoms with E-state index in [-0.39, 0.29) is 29.0 Å². The van der Waals surface area contributed by atoms with Crippen molar-refractivity contribution in [2.75, 3.05) is 7.11 Å². The van der Waals surface area contributed by atoms with E-state index in [2.05, 4.69) is 9.97 Å². The van der Waals surface area contributed by atoms with Gasteiger partial charge in [0.1, 0.15) is 11.8 Å². The predicted octanol–water partition coefficient (Wildman–Crippen LogP) is 3.42. The molecule has 1 aliphatic carbocycles. The molecule has 2 aromatic heterocycles. The summed E-state index contributed by atoms with van der Waals surface area (Å²) in [6, 6.07) is 5.76. The fourth-order valence-electron chi connectivity index (χ4n) is 4.71. The Morgan fingerprint density at radius 2 is 1.97 bits per heavy atom. The van der Waals surface area contributed by atoms with Crippen molar-refractivity contribution >= 4 is 16.8 Å². The lowest BCUT2D eigenvalue weighted by molar-refractivity contribution is 0.0485. The molecule has 0 bridgehead atoms. The number of rotatable bonds is 4. The van der Waals surface area contributed by atoms with Crippen molar-refractivity contribution in [3.63, 3.8) is 0 Å². The summed E-state index contributed by atoms with van der Waals surface area (Å²) in [7, 11) is 1.00. The molecule has 4 N–H and O–H groups in total. The Bertz CT molecular complexity index is 1270. The standard InChI is InChI=1S/C23H21F2N3O3.CH4O/c1-10-8-13(12-4-5-14(24)20(25)18(12)11-2-3-11)22(31-10)16-9-17(29)19-15(28-16)6-7-27-21(19)23(26)30;1-2/h4-7,9-11,13,22H,2-3,8H2,1H3,(H2,26,30)(H,28,29);2H,1H3. The van der Waals surface area contributed by atoms with Crippen molar-refractivity contribution in [3.8, 4) is 0 Å². The number of carbonyl (C=O) groups excluding carboxylic acids is 1. The van der Waals surface area contributed by atoms with Crippen molar-refractivity contribution < 1.29 is 23.4 Å². The number of fused-ring (bicyclic) bond motifs is 1. The molecule has 7 nitrogen and oxygen atoms in total. The topological polar surface area (TPSA) is 118 Å². The van der Waals surface area contributed by atoms with Crippen LogP contribution in [-0.2, 0) is 4.74 Å². The van der Waals surface area contributed by atoms with E-state index < -0.39 is 29.1 Å². The number of benzene rings is 1. The Balaban J connectivity index is 0.00000126. The molecule has 2 fully saturated rings. The first-order valence-corrected chi connectivity index (χ1v) is 10.7. The van der Waals surface area contributed by atoms with E-state index in [9.17, 15) is 18.4 Å². The van der Waals surface area contributed by atoms with Crippen LogP contribution >= 0.6 is 0 Å². The third kappa shape index (κ3) is 4.14. The van der Waals surface area contributed by atoms with Crippen LogP contribution in [0.3, 0.4) is 0 Å². The number of amides is 1. The van der Waals surface area contributed by atoms with E-state index in [1.54, 1.807) is 12.1 Å². The smallest absolute Gasteiger partial charge is 0.268 e. The lowest BCUT2D eigenvalue weighted by atomic mass is 9.84. The maximum absolute atomic E-state index is 14.7. The first kappa shape index (κ1) is 23.0. The van der Waals surface area contributed by atoms with Crippen LogP contribution in [0.1, 0.15) is 71.4 Å². The zero-order valence-electron chi connectivity index (χ0n) is 18.3. The molecule has 1 saturated heterocycles. The molecule has 0 radical (unpaired) electrons. The summed E-state index contributed by atoms with van der Waals surface area (Å²) in [6.45, 7) is 1.91. The van der Waals surface area contributed by atoms with Crippen LogP contribution < -0.4 is 11.2 Å². The molecule has 1 saturated carbocycles. The van der Waals surface area contributed by atoms with Crippen LogP contribution in [0.15, 0.2) is 35.3 Å². The number of aromatic nitrogens is 2. The number of hydrogen-bond acceptors (Lipinski definition) is 5. The monoisotopic (exact) mass is 457 g/mol. The number of nitrogens with zero attached hydrogens (tertiary/aromatic N) is 1. The van der Waals surface area contributed by atoms with Gasteiger partial charge in [-0.15, -0.1) is 0 Å². The van der Waals surface area contributed by atoms with E-state index in [1.165, 1.54) is 12.3 Å². The number of primary amides is 1. The van der Waals surface area contributed by atoms with Gasteiger partial charge in [-0.3, -0.25) is 14.6 Å². The molecule has 174 valence electrons. The molecule has 0 spiro atoms. The Morgan fingerprint density at radius 1 is 1.24 bits per heavy atom. The maximum atomic E-state index is 14.7. The minimum Gasteiger partial charge on any atom is -0.400 e.